The molecule has 0 aromatic rings. The van der Waals surface area contributed by atoms with E-state index in [0.29, 0.717) is 0 Å². The molecule has 4 heteroatoms. The van der Waals surface area contributed by atoms with Gasteiger partial charge in [0.2, 0.25) is 0 Å². The number of carbonyl (C=O) groups is 2. The van der Waals surface area contributed by atoms with Crippen LogP contribution in [0.15, 0.2) is 0 Å². The number of carboxylic acid groups (broad SMARTS) is 2. The van der Waals surface area contributed by atoms with Crippen LogP contribution in [0.25, 0.3) is 0 Å². The Kier molecular flexibility index (Phi) is 13.8. The van der Waals surface area contributed by atoms with Crippen molar-refractivity contribution in [3.63, 3.8) is 0 Å². The zero-order valence-electron chi connectivity index (χ0n) is 13.6. The lowest BCUT2D eigenvalue weighted by Crippen LogP contribution is -2.31. The van der Waals surface area contributed by atoms with Crippen molar-refractivity contribution >= 4 is 11.9 Å². The number of carboxylic acids is 2. The van der Waals surface area contributed by atoms with Crippen LogP contribution in [0, 0.1) is 5.41 Å². The van der Waals surface area contributed by atoms with E-state index in [9.17, 15) is 9.90 Å². The van der Waals surface area contributed by atoms with Crippen molar-refractivity contribution in [2.45, 2.75) is 85.5 Å². The fourth-order valence-electron chi connectivity index (χ4n) is 2.24. The zero-order valence-corrected chi connectivity index (χ0v) is 13.6. The van der Waals surface area contributed by atoms with E-state index in [1.165, 1.54) is 0 Å². The van der Waals surface area contributed by atoms with Crippen LogP contribution in [0.5, 0.6) is 0 Å². The molecule has 0 aromatic carbocycles. The summed E-state index contributed by atoms with van der Waals surface area (Å²) in [5.41, 5.74) is -0.429. The molecule has 0 heterocycles. The molecule has 0 unspecified atom stereocenters. The van der Waals surface area contributed by atoms with Crippen molar-refractivity contribution in [3.8, 4) is 0 Å². The van der Waals surface area contributed by atoms with Crippen molar-refractivity contribution in [2.75, 3.05) is 0 Å². The fourth-order valence-corrected chi connectivity index (χ4v) is 2.24. The van der Waals surface area contributed by atoms with Gasteiger partial charge in [-0.25, -0.2) is 0 Å². The van der Waals surface area contributed by atoms with Crippen LogP contribution in [-0.4, -0.2) is 22.2 Å². The lowest BCUT2D eigenvalue weighted by atomic mass is 9.74. The molecule has 0 amide bonds. The zero-order chi connectivity index (χ0) is 16.0. The van der Waals surface area contributed by atoms with E-state index in [4.69, 9.17) is 9.90 Å². The number of hydrogen-bond donors (Lipinski definition) is 2. The number of hydrogen-bond acceptors (Lipinski definition) is 2. The summed E-state index contributed by atoms with van der Waals surface area (Å²) in [6.45, 7) is 7.48. The summed E-state index contributed by atoms with van der Waals surface area (Å²) in [5.74, 6) is -1.40. The van der Waals surface area contributed by atoms with Gasteiger partial charge >= 0.3 is 5.97 Å². The molecule has 0 aliphatic rings. The van der Waals surface area contributed by atoms with Crippen molar-refractivity contribution in [1.82, 2.24) is 0 Å². The van der Waals surface area contributed by atoms with Crippen LogP contribution in [0.4, 0.5) is 0 Å². The quantitative estimate of drug-likeness (QED) is 0.610. The molecular formula is C16H32O4. The first kappa shape index (κ1) is 21.2. The molecule has 2 N–H and O–H groups in total. The molecule has 0 rings (SSSR count). The summed E-state index contributed by atoms with van der Waals surface area (Å²) in [6.07, 6.45) is 8.98. The Morgan fingerprint density at radius 1 is 0.800 bits per heavy atom. The second-order valence-corrected chi connectivity index (χ2v) is 5.42. The molecule has 0 bridgehead atoms. The highest BCUT2D eigenvalue weighted by Crippen LogP contribution is 2.36. The normalized spacial score (nSPS) is 10.6. The van der Waals surface area contributed by atoms with E-state index in [-0.39, 0.29) is 0 Å². The first-order valence-corrected chi connectivity index (χ1v) is 7.79. The van der Waals surface area contributed by atoms with Gasteiger partial charge in [-0.1, -0.05) is 59.3 Å². The van der Waals surface area contributed by atoms with Crippen LogP contribution in [-0.2, 0) is 9.59 Å². The third kappa shape index (κ3) is 10.8. The van der Waals surface area contributed by atoms with Gasteiger partial charge in [0, 0.05) is 6.92 Å². The fraction of sp³-hybridized carbons (Fsp3) is 0.875. The molecule has 20 heavy (non-hydrogen) atoms. The minimum atomic E-state index is -0.833. The third-order valence-electron chi connectivity index (χ3n) is 3.48. The van der Waals surface area contributed by atoms with Gasteiger partial charge in [-0.2, -0.15) is 0 Å². The van der Waals surface area contributed by atoms with E-state index in [0.717, 1.165) is 64.7 Å². The van der Waals surface area contributed by atoms with Crippen LogP contribution >= 0.6 is 0 Å². The standard InChI is InChI=1S/C14H28O2.C2H4O2/c1-4-7-10-14(13(15)16,11-8-5-2)12-9-6-3;1-2(3)4/h4-12H2,1-3H3,(H,15,16);1H3,(H,3,4). The van der Waals surface area contributed by atoms with E-state index in [2.05, 4.69) is 20.8 Å². The van der Waals surface area contributed by atoms with Crippen LogP contribution in [0.3, 0.4) is 0 Å². The van der Waals surface area contributed by atoms with Gasteiger partial charge in [0.1, 0.15) is 0 Å². The summed E-state index contributed by atoms with van der Waals surface area (Å²) < 4.78 is 0. The average Bonchev–Trinajstić information content (AvgIpc) is 2.37. The van der Waals surface area contributed by atoms with Crippen molar-refractivity contribution < 1.29 is 19.8 Å². The summed E-state index contributed by atoms with van der Waals surface area (Å²) in [6, 6.07) is 0. The van der Waals surface area contributed by atoms with Crippen molar-refractivity contribution in [2.24, 2.45) is 5.41 Å². The van der Waals surface area contributed by atoms with Crippen molar-refractivity contribution in [1.29, 1.82) is 0 Å². The molecule has 0 spiro atoms. The first-order valence-electron chi connectivity index (χ1n) is 7.79. The first-order chi connectivity index (χ1) is 9.36. The molecule has 4 nitrogen and oxygen atoms in total. The molecule has 0 saturated heterocycles. The molecule has 0 radical (unpaired) electrons. The molecule has 0 saturated carbocycles. The van der Waals surface area contributed by atoms with Gasteiger partial charge in [-0.3, -0.25) is 9.59 Å². The van der Waals surface area contributed by atoms with E-state index >= 15 is 0 Å². The molecule has 120 valence electrons. The van der Waals surface area contributed by atoms with Crippen LogP contribution in [0.2, 0.25) is 0 Å². The minimum Gasteiger partial charge on any atom is -0.481 e. The smallest absolute Gasteiger partial charge is 0.309 e. The Labute approximate surface area is 123 Å². The molecule has 0 fully saturated rings. The minimum absolute atomic E-state index is 0.429. The van der Waals surface area contributed by atoms with E-state index < -0.39 is 17.4 Å². The number of unbranched alkanes of at least 4 members (excludes halogenated alkanes) is 3. The second-order valence-electron chi connectivity index (χ2n) is 5.42. The van der Waals surface area contributed by atoms with E-state index in [1.807, 2.05) is 0 Å². The van der Waals surface area contributed by atoms with Gasteiger partial charge in [-0.15, -0.1) is 0 Å². The average molecular weight is 288 g/mol. The summed E-state index contributed by atoms with van der Waals surface area (Å²) in [7, 11) is 0. The monoisotopic (exact) mass is 288 g/mol. The highest BCUT2D eigenvalue weighted by molar-refractivity contribution is 5.74. The van der Waals surface area contributed by atoms with Crippen molar-refractivity contribution in [3.05, 3.63) is 0 Å². The van der Waals surface area contributed by atoms with Gasteiger partial charge in [0.25, 0.3) is 5.97 Å². The molecule has 0 atom stereocenters. The lowest BCUT2D eigenvalue weighted by Gasteiger charge is -2.29. The van der Waals surface area contributed by atoms with Gasteiger partial charge < -0.3 is 10.2 Å². The molecule has 0 aromatic heterocycles. The SMILES string of the molecule is CC(=O)O.CCCCC(CCCC)(CCCC)C(=O)O. The van der Waals surface area contributed by atoms with Crippen LogP contribution in [0.1, 0.15) is 85.5 Å². The Morgan fingerprint density at radius 2 is 1.05 bits per heavy atom. The summed E-state index contributed by atoms with van der Waals surface area (Å²) in [4.78, 5) is 20.5. The predicted molar refractivity (Wildman–Crippen MR) is 82.0 cm³/mol. The summed E-state index contributed by atoms with van der Waals surface area (Å²) >= 11 is 0. The highest BCUT2D eigenvalue weighted by atomic mass is 16.4. The van der Waals surface area contributed by atoms with E-state index in [1.54, 1.807) is 0 Å². The Bertz CT molecular complexity index is 235. The maximum atomic E-state index is 11.5. The highest BCUT2D eigenvalue weighted by Gasteiger charge is 2.36. The predicted octanol–water partition coefficient (Wildman–Crippen LogP) is 4.72. The Balaban J connectivity index is 0. The Morgan fingerprint density at radius 3 is 1.20 bits per heavy atom. The Hall–Kier alpha value is -1.06. The molecular weight excluding hydrogens is 256 g/mol. The van der Waals surface area contributed by atoms with Gasteiger partial charge in [0.05, 0.1) is 5.41 Å². The van der Waals surface area contributed by atoms with Crippen LogP contribution < -0.4 is 0 Å². The third-order valence-corrected chi connectivity index (χ3v) is 3.48. The lowest BCUT2D eigenvalue weighted by molar-refractivity contribution is -0.150. The summed E-state index contributed by atoms with van der Waals surface area (Å²) in [5, 5.41) is 16.9. The van der Waals surface area contributed by atoms with Gasteiger partial charge in [0.15, 0.2) is 0 Å². The molecule has 0 aliphatic heterocycles. The maximum absolute atomic E-state index is 11.5. The largest absolute Gasteiger partial charge is 0.481 e. The topological polar surface area (TPSA) is 74.6 Å². The second kappa shape index (κ2) is 12.9. The maximum Gasteiger partial charge on any atom is 0.309 e. The number of aliphatic carboxylic acids is 2. The molecule has 0 aliphatic carbocycles. The van der Waals surface area contributed by atoms with Gasteiger partial charge in [-0.05, 0) is 19.3 Å². The number of rotatable bonds is 10.